The standard InChI is InChI=1S/C17H15FN2O/c1-11-16(12-6-8-14(18)9-7-12)19-20-17(11)13-4-3-5-15(10-13)21-2/h3-10H,1-2H3,(H,19,20). The quantitative estimate of drug-likeness (QED) is 0.781. The van der Waals surface area contributed by atoms with E-state index in [1.807, 2.05) is 31.2 Å². The van der Waals surface area contributed by atoms with Gasteiger partial charge in [-0.15, -0.1) is 0 Å². The van der Waals surface area contributed by atoms with Gasteiger partial charge in [0, 0.05) is 16.7 Å². The van der Waals surface area contributed by atoms with Crippen LogP contribution in [0.1, 0.15) is 5.56 Å². The molecule has 21 heavy (non-hydrogen) atoms. The maximum absolute atomic E-state index is 13.0. The molecule has 4 heteroatoms. The number of nitrogens with one attached hydrogen (secondary N) is 1. The number of halogens is 1. The molecule has 0 fully saturated rings. The van der Waals surface area contributed by atoms with E-state index in [1.54, 1.807) is 19.2 Å². The molecule has 0 amide bonds. The highest BCUT2D eigenvalue weighted by Crippen LogP contribution is 2.30. The van der Waals surface area contributed by atoms with Crippen LogP contribution in [0.2, 0.25) is 0 Å². The van der Waals surface area contributed by atoms with Crippen molar-refractivity contribution in [3.05, 3.63) is 59.9 Å². The van der Waals surface area contributed by atoms with Crippen molar-refractivity contribution in [3.63, 3.8) is 0 Å². The molecule has 3 nitrogen and oxygen atoms in total. The van der Waals surface area contributed by atoms with Crippen LogP contribution in [0.4, 0.5) is 4.39 Å². The smallest absolute Gasteiger partial charge is 0.123 e. The van der Waals surface area contributed by atoms with Crippen molar-refractivity contribution in [1.29, 1.82) is 0 Å². The van der Waals surface area contributed by atoms with Crippen LogP contribution in [-0.4, -0.2) is 17.3 Å². The van der Waals surface area contributed by atoms with E-state index in [-0.39, 0.29) is 5.82 Å². The first-order valence-corrected chi connectivity index (χ1v) is 6.64. The predicted octanol–water partition coefficient (Wildman–Crippen LogP) is 4.20. The fourth-order valence-electron chi connectivity index (χ4n) is 2.35. The fourth-order valence-corrected chi connectivity index (χ4v) is 2.35. The van der Waals surface area contributed by atoms with Crippen LogP contribution < -0.4 is 4.74 Å². The Labute approximate surface area is 122 Å². The van der Waals surface area contributed by atoms with Gasteiger partial charge in [-0.3, -0.25) is 5.10 Å². The summed E-state index contributed by atoms with van der Waals surface area (Å²) in [6.07, 6.45) is 0. The lowest BCUT2D eigenvalue weighted by Gasteiger charge is -2.04. The van der Waals surface area contributed by atoms with Gasteiger partial charge in [0.1, 0.15) is 11.6 Å². The van der Waals surface area contributed by atoms with Crippen LogP contribution in [0.3, 0.4) is 0 Å². The molecule has 1 aromatic heterocycles. The van der Waals surface area contributed by atoms with Gasteiger partial charge in [0.15, 0.2) is 0 Å². The third kappa shape index (κ3) is 2.52. The van der Waals surface area contributed by atoms with E-state index in [2.05, 4.69) is 10.2 Å². The topological polar surface area (TPSA) is 37.9 Å². The van der Waals surface area contributed by atoms with Gasteiger partial charge in [0.2, 0.25) is 0 Å². The van der Waals surface area contributed by atoms with Crippen LogP contribution >= 0.6 is 0 Å². The molecule has 1 heterocycles. The van der Waals surface area contributed by atoms with E-state index < -0.39 is 0 Å². The molecule has 3 rings (SSSR count). The molecule has 0 radical (unpaired) electrons. The first-order chi connectivity index (χ1) is 10.2. The molecule has 0 atom stereocenters. The van der Waals surface area contributed by atoms with E-state index in [0.29, 0.717) is 0 Å². The van der Waals surface area contributed by atoms with Gasteiger partial charge in [0.05, 0.1) is 18.5 Å². The van der Waals surface area contributed by atoms with Gasteiger partial charge in [-0.25, -0.2) is 4.39 Å². The van der Waals surface area contributed by atoms with Crippen LogP contribution in [0, 0.1) is 12.7 Å². The SMILES string of the molecule is COc1cccc(-c2n[nH]c(-c3ccc(F)cc3)c2C)c1. The minimum Gasteiger partial charge on any atom is -0.497 e. The Morgan fingerprint density at radius 2 is 1.81 bits per heavy atom. The van der Waals surface area contributed by atoms with Crippen molar-refractivity contribution >= 4 is 0 Å². The number of benzene rings is 2. The molecule has 0 unspecified atom stereocenters. The van der Waals surface area contributed by atoms with Crippen LogP contribution in [-0.2, 0) is 0 Å². The van der Waals surface area contributed by atoms with E-state index in [4.69, 9.17) is 4.74 Å². The molecule has 0 saturated heterocycles. The molecule has 0 aliphatic rings. The molecule has 2 aromatic carbocycles. The van der Waals surface area contributed by atoms with Crippen LogP contribution in [0.25, 0.3) is 22.5 Å². The Bertz CT molecular complexity index is 763. The van der Waals surface area contributed by atoms with Crippen molar-refractivity contribution in [3.8, 4) is 28.3 Å². The lowest BCUT2D eigenvalue weighted by Crippen LogP contribution is -1.85. The van der Waals surface area contributed by atoms with Crippen molar-refractivity contribution in [2.45, 2.75) is 6.92 Å². The number of methoxy groups -OCH3 is 1. The predicted molar refractivity (Wildman–Crippen MR) is 80.7 cm³/mol. The summed E-state index contributed by atoms with van der Waals surface area (Å²) in [6, 6.07) is 14.1. The average molecular weight is 282 g/mol. The maximum atomic E-state index is 13.0. The van der Waals surface area contributed by atoms with Crippen molar-refractivity contribution < 1.29 is 9.13 Å². The molecule has 0 bridgehead atoms. The number of ether oxygens (including phenoxy) is 1. The minimum atomic E-state index is -0.246. The number of H-pyrrole nitrogens is 1. The van der Waals surface area contributed by atoms with Gasteiger partial charge >= 0.3 is 0 Å². The van der Waals surface area contributed by atoms with Gasteiger partial charge in [-0.2, -0.15) is 5.10 Å². The monoisotopic (exact) mass is 282 g/mol. The largest absolute Gasteiger partial charge is 0.497 e. The highest BCUT2D eigenvalue weighted by molar-refractivity contribution is 5.74. The third-order valence-corrected chi connectivity index (χ3v) is 3.49. The minimum absolute atomic E-state index is 0.246. The maximum Gasteiger partial charge on any atom is 0.123 e. The van der Waals surface area contributed by atoms with Gasteiger partial charge in [-0.1, -0.05) is 12.1 Å². The number of rotatable bonds is 3. The second-order valence-corrected chi connectivity index (χ2v) is 4.81. The Morgan fingerprint density at radius 3 is 2.52 bits per heavy atom. The number of nitrogens with zero attached hydrogens (tertiary/aromatic N) is 1. The Hall–Kier alpha value is -2.62. The second-order valence-electron chi connectivity index (χ2n) is 4.81. The molecular weight excluding hydrogens is 267 g/mol. The molecule has 0 saturated carbocycles. The Kier molecular flexibility index (Phi) is 3.44. The third-order valence-electron chi connectivity index (χ3n) is 3.49. The number of hydrogen-bond donors (Lipinski definition) is 1. The van der Waals surface area contributed by atoms with E-state index in [9.17, 15) is 4.39 Å². The summed E-state index contributed by atoms with van der Waals surface area (Å²) in [7, 11) is 1.64. The van der Waals surface area contributed by atoms with Crippen molar-refractivity contribution in [1.82, 2.24) is 10.2 Å². The van der Waals surface area contributed by atoms with Crippen LogP contribution in [0.5, 0.6) is 5.75 Å². The summed E-state index contributed by atoms with van der Waals surface area (Å²) in [5.74, 6) is 0.544. The summed E-state index contributed by atoms with van der Waals surface area (Å²) in [5, 5.41) is 7.42. The van der Waals surface area contributed by atoms with Crippen LogP contribution in [0.15, 0.2) is 48.5 Å². The highest BCUT2D eigenvalue weighted by Gasteiger charge is 2.13. The fraction of sp³-hybridized carbons (Fsp3) is 0.118. The van der Waals surface area contributed by atoms with E-state index in [1.165, 1.54) is 12.1 Å². The summed E-state index contributed by atoms with van der Waals surface area (Å²) in [4.78, 5) is 0. The number of hydrogen-bond acceptors (Lipinski definition) is 2. The Balaban J connectivity index is 2.04. The summed E-state index contributed by atoms with van der Waals surface area (Å²) in [6.45, 7) is 2.00. The average Bonchev–Trinajstić information content (AvgIpc) is 2.90. The molecule has 0 aliphatic heterocycles. The molecular formula is C17H15FN2O. The lowest BCUT2D eigenvalue weighted by atomic mass is 10.0. The molecule has 0 aliphatic carbocycles. The molecule has 1 N–H and O–H groups in total. The molecule has 106 valence electrons. The van der Waals surface area contributed by atoms with Crippen molar-refractivity contribution in [2.24, 2.45) is 0 Å². The van der Waals surface area contributed by atoms with Crippen molar-refractivity contribution in [2.75, 3.05) is 7.11 Å². The summed E-state index contributed by atoms with van der Waals surface area (Å²) < 4.78 is 18.3. The molecule has 3 aromatic rings. The summed E-state index contributed by atoms with van der Waals surface area (Å²) in [5.41, 5.74) is 4.68. The van der Waals surface area contributed by atoms with Gasteiger partial charge < -0.3 is 4.74 Å². The van der Waals surface area contributed by atoms with E-state index in [0.717, 1.165) is 33.8 Å². The zero-order valence-corrected chi connectivity index (χ0v) is 11.9. The second kappa shape index (κ2) is 5.40. The first-order valence-electron chi connectivity index (χ1n) is 6.64. The molecule has 0 spiro atoms. The van der Waals surface area contributed by atoms with Gasteiger partial charge in [0.25, 0.3) is 0 Å². The van der Waals surface area contributed by atoms with E-state index >= 15 is 0 Å². The zero-order chi connectivity index (χ0) is 14.8. The summed E-state index contributed by atoms with van der Waals surface area (Å²) >= 11 is 0. The number of aromatic nitrogens is 2. The highest BCUT2D eigenvalue weighted by atomic mass is 19.1. The zero-order valence-electron chi connectivity index (χ0n) is 11.9. The number of aromatic amines is 1. The Morgan fingerprint density at radius 1 is 1.05 bits per heavy atom. The van der Waals surface area contributed by atoms with Gasteiger partial charge in [-0.05, 0) is 43.3 Å². The normalized spacial score (nSPS) is 10.6. The lowest BCUT2D eigenvalue weighted by molar-refractivity contribution is 0.415. The first kappa shape index (κ1) is 13.4.